The molecule has 1 N–H and O–H groups in total. The van der Waals surface area contributed by atoms with E-state index < -0.39 is 0 Å². The van der Waals surface area contributed by atoms with Crippen LogP contribution in [0.3, 0.4) is 0 Å². The van der Waals surface area contributed by atoms with Crippen molar-refractivity contribution in [2.75, 3.05) is 13.1 Å². The molecule has 1 amide bonds. The molecule has 0 spiro atoms. The van der Waals surface area contributed by atoms with E-state index in [0.29, 0.717) is 15.6 Å². The molecule has 20 heavy (non-hydrogen) atoms. The number of benzene rings is 1. The molecular weight excluding hydrogens is 295 g/mol. The highest BCUT2D eigenvalue weighted by Crippen LogP contribution is 2.28. The van der Waals surface area contributed by atoms with Crippen molar-refractivity contribution in [3.8, 4) is 0 Å². The van der Waals surface area contributed by atoms with E-state index in [1.807, 2.05) is 4.90 Å². The van der Waals surface area contributed by atoms with Crippen molar-refractivity contribution >= 4 is 29.1 Å². The van der Waals surface area contributed by atoms with Crippen molar-refractivity contribution in [3.05, 3.63) is 33.8 Å². The highest BCUT2D eigenvalue weighted by atomic mass is 35.5. The molecule has 1 heterocycles. The van der Waals surface area contributed by atoms with Crippen molar-refractivity contribution in [2.24, 2.45) is 0 Å². The first-order chi connectivity index (χ1) is 9.56. The van der Waals surface area contributed by atoms with Crippen molar-refractivity contribution in [3.63, 3.8) is 0 Å². The largest absolute Gasteiger partial charge is 0.332 e. The van der Waals surface area contributed by atoms with E-state index in [-0.39, 0.29) is 18.0 Å². The predicted octanol–water partition coefficient (Wildman–Crippen LogP) is 3.60. The summed E-state index contributed by atoms with van der Waals surface area (Å²) in [6, 6.07) is 5.62. The summed E-state index contributed by atoms with van der Waals surface area (Å²) in [5, 5.41) is 4.08. The molecule has 0 aliphatic carbocycles. The molecule has 0 radical (unpaired) electrons. The Bertz CT molecular complexity index is 487. The van der Waals surface area contributed by atoms with Gasteiger partial charge in [-0.25, -0.2) is 0 Å². The topological polar surface area (TPSA) is 32.3 Å². The number of amides is 1. The molecule has 110 valence electrons. The van der Waals surface area contributed by atoms with E-state index in [1.165, 1.54) is 0 Å². The Hall–Kier alpha value is -0.770. The van der Waals surface area contributed by atoms with Crippen molar-refractivity contribution in [1.29, 1.82) is 0 Å². The fourth-order valence-corrected chi connectivity index (χ4v) is 2.99. The van der Waals surface area contributed by atoms with Crippen LogP contribution in [-0.4, -0.2) is 36.0 Å². The Morgan fingerprint density at radius 1 is 1.50 bits per heavy atom. The molecule has 0 aromatic heterocycles. The summed E-state index contributed by atoms with van der Waals surface area (Å²) in [5.41, 5.74) is 0.492. The normalized spacial score (nSPS) is 19.9. The van der Waals surface area contributed by atoms with Gasteiger partial charge in [-0.2, -0.15) is 0 Å². The molecule has 0 saturated carbocycles. The lowest BCUT2D eigenvalue weighted by atomic mass is 10.1. The van der Waals surface area contributed by atoms with Crippen molar-refractivity contribution in [2.45, 2.75) is 38.8 Å². The number of nitrogens with one attached hydrogen (secondary N) is 1. The number of hydrogen-bond donors (Lipinski definition) is 1. The van der Waals surface area contributed by atoms with Crippen LogP contribution in [0, 0.1) is 0 Å². The number of nitrogens with zero attached hydrogens (tertiary/aromatic N) is 1. The Kier molecular flexibility index (Phi) is 5.30. The molecule has 3 nitrogen and oxygen atoms in total. The van der Waals surface area contributed by atoms with Gasteiger partial charge in [-0.3, -0.25) is 4.79 Å². The highest BCUT2D eigenvalue weighted by molar-refractivity contribution is 6.43. The van der Waals surface area contributed by atoms with Crippen LogP contribution in [0.1, 0.15) is 37.0 Å². The van der Waals surface area contributed by atoms with Crippen molar-refractivity contribution < 1.29 is 4.79 Å². The molecule has 1 aromatic carbocycles. The monoisotopic (exact) mass is 314 g/mol. The Morgan fingerprint density at radius 2 is 2.25 bits per heavy atom. The Balaban J connectivity index is 2.32. The van der Waals surface area contributed by atoms with Crippen molar-refractivity contribution in [1.82, 2.24) is 10.2 Å². The number of rotatable bonds is 4. The van der Waals surface area contributed by atoms with E-state index in [9.17, 15) is 4.79 Å². The molecule has 2 atom stereocenters. The molecular formula is C15H20Cl2N2O. The average Bonchev–Trinajstić information content (AvgIpc) is 2.95. The van der Waals surface area contributed by atoms with Crippen LogP contribution in [0.15, 0.2) is 18.2 Å². The second kappa shape index (κ2) is 6.79. The van der Waals surface area contributed by atoms with Crippen LogP contribution in [0.2, 0.25) is 10.0 Å². The molecule has 0 bridgehead atoms. The zero-order valence-electron chi connectivity index (χ0n) is 11.8. The molecule has 1 aliphatic heterocycles. The quantitative estimate of drug-likeness (QED) is 0.921. The third-order valence-electron chi connectivity index (χ3n) is 3.91. The molecule has 2 unspecified atom stereocenters. The first-order valence-electron chi connectivity index (χ1n) is 7.03. The van der Waals surface area contributed by atoms with Crippen LogP contribution in [0.5, 0.6) is 0 Å². The first kappa shape index (κ1) is 15.6. The fourth-order valence-electron chi connectivity index (χ4n) is 2.61. The van der Waals surface area contributed by atoms with Gasteiger partial charge in [0.15, 0.2) is 0 Å². The summed E-state index contributed by atoms with van der Waals surface area (Å²) in [5.74, 6) is -0.0273. The van der Waals surface area contributed by atoms with Crippen LogP contribution < -0.4 is 5.32 Å². The standard InChI is InChI=1S/C15H20Cl2N2O/c1-3-10(2)19(11-7-8-18-9-11)15(20)12-5-4-6-13(16)14(12)17/h4-6,10-11,18H,3,7-9H2,1-2H3. The van der Waals surface area contributed by atoms with E-state index in [4.69, 9.17) is 23.2 Å². The number of halogens is 2. The molecule has 1 fully saturated rings. The van der Waals surface area contributed by atoms with E-state index in [1.54, 1.807) is 18.2 Å². The summed E-state index contributed by atoms with van der Waals surface area (Å²) in [6.07, 6.45) is 1.90. The van der Waals surface area contributed by atoms with Gasteiger partial charge in [0.2, 0.25) is 0 Å². The summed E-state index contributed by atoms with van der Waals surface area (Å²) in [7, 11) is 0. The summed E-state index contributed by atoms with van der Waals surface area (Å²) < 4.78 is 0. The lowest BCUT2D eigenvalue weighted by molar-refractivity contribution is 0.0604. The van der Waals surface area contributed by atoms with Gasteiger partial charge in [-0.1, -0.05) is 36.2 Å². The smallest absolute Gasteiger partial charge is 0.255 e. The van der Waals surface area contributed by atoms with E-state index in [2.05, 4.69) is 19.2 Å². The maximum Gasteiger partial charge on any atom is 0.255 e. The van der Waals surface area contributed by atoms with Gasteiger partial charge < -0.3 is 10.2 Å². The van der Waals surface area contributed by atoms with Gasteiger partial charge in [-0.15, -0.1) is 0 Å². The minimum Gasteiger partial charge on any atom is -0.332 e. The lowest BCUT2D eigenvalue weighted by Gasteiger charge is -2.34. The Labute approximate surface area is 130 Å². The third kappa shape index (κ3) is 3.11. The number of carbonyl (C=O) groups is 1. The lowest BCUT2D eigenvalue weighted by Crippen LogP contribution is -2.47. The minimum absolute atomic E-state index is 0.0273. The van der Waals surface area contributed by atoms with Gasteiger partial charge in [0.05, 0.1) is 15.6 Å². The molecule has 5 heteroatoms. The van der Waals surface area contributed by atoms with Gasteiger partial charge in [0.1, 0.15) is 0 Å². The molecule has 1 aromatic rings. The third-order valence-corrected chi connectivity index (χ3v) is 4.73. The van der Waals surface area contributed by atoms with E-state index in [0.717, 1.165) is 25.9 Å². The van der Waals surface area contributed by atoms with Gasteiger partial charge in [0.25, 0.3) is 5.91 Å². The second-order valence-corrected chi connectivity index (χ2v) is 6.00. The zero-order valence-corrected chi connectivity index (χ0v) is 13.3. The van der Waals surface area contributed by atoms with Crippen LogP contribution in [0.4, 0.5) is 0 Å². The maximum atomic E-state index is 12.9. The van der Waals surface area contributed by atoms with Gasteiger partial charge in [-0.05, 0) is 38.4 Å². The Morgan fingerprint density at radius 3 is 2.85 bits per heavy atom. The van der Waals surface area contributed by atoms with Gasteiger partial charge in [0, 0.05) is 18.6 Å². The van der Waals surface area contributed by atoms with Crippen LogP contribution in [-0.2, 0) is 0 Å². The minimum atomic E-state index is -0.0273. The molecule has 1 aliphatic rings. The maximum absolute atomic E-state index is 12.9. The number of hydrogen-bond acceptors (Lipinski definition) is 2. The predicted molar refractivity (Wildman–Crippen MR) is 83.7 cm³/mol. The average molecular weight is 315 g/mol. The number of carbonyl (C=O) groups excluding carboxylic acids is 1. The zero-order chi connectivity index (χ0) is 14.7. The highest BCUT2D eigenvalue weighted by Gasteiger charge is 2.31. The summed E-state index contributed by atoms with van der Waals surface area (Å²) in [4.78, 5) is 14.8. The van der Waals surface area contributed by atoms with E-state index >= 15 is 0 Å². The SMILES string of the molecule is CCC(C)N(C(=O)c1cccc(Cl)c1Cl)C1CCNC1. The molecule has 2 rings (SSSR count). The molecule has 1 saturated heterocycles. The second-order valence-electron chi connectivity index (χ2n) is 5.22. The first-order valence-corrected chi connectivity index (χ1v) is 7.79. The fraction of sp³-hybridized carbons (Fsp3) is 0.533. The van der Waals surface area contributed by atoms with Gasteiger partial charge >= 0.3 is 0 Å². The van der Waals surface area contributed by atoms with Crippen LogP contribution >= 0.6 is 23.2 Å². The summed E-state index contributed by atoms with van der Waals surface area (Å²) >= 11 is 12.2. The summed E-state index contributed by atoms with van der Waals surface area (Å²) in [6.45, 7) is 5.96. The van der Waals surface area contributed by atoms with Crippen LogP contribution in [0.25, 0.3) is 0 Å².